The number of H-pyrrole nitrogens is 1. The van der Waals surface area contributed by atoms with E-state index in [0.29, 0.717) is 0 Å². The maximum Gasteiger partial charge on any atom is 0.319 e. The number of rotatable bonds is 4. The average molecular weight is 313 g/mol. The van der Waals surface area contributed by atoms with Gasteiger partial charge in [0.1, 0.15) is 4.75 Å². The molecule has 0 aliphatic heterocycles. The van der Waals surface area contributed by atoms with E-state index in [9.17, 15) is 9.90 Å². The molecule has 0 saturated carbocycles. The first-order chi connectivity index (χ1) is 10.5. The fourth-order valence-electron chi connectivity index (χ4n) is 2.19. The van der Waals surface area contributed by atoms with Crippen molar-refractivity contribution in [1.29, 1.82) is 0 Å². The van der Waals surface area contributed by atoms with Crippen LogP contribution < -0.4 is 0 Å². The molecule has 2 N–H and O–H groups in total. The quantitative estimate of drug-likeness (QED) is 0.720. The lowest BCUT2D eigenvalue weighted by atomic mass is 10.1. The van der Waals surface area contributed by atoms with Gasteiger partial charge in [-0.2, -0.15) is 0 Å². The topological polar surface area (TPSA) is 78.9 Å². The minimum Gasteiger partial charge on any atom is -0.480 e. The SMILES string of the molecule is CC(C)(Sc1cnccc1-c1cccc2[nH]cnc12)C(=O)O. The van der Waals surface area contributed by atoms with Gasteiger partial charge in [-0.15, -0.1) is 11.8 Å². The standard InChI is InChI=1S/C16H15N3O2S/c1-16(2,15(20)21)22-13-8-17-7-6-10(13)11-4-3-5-12-14(11)19-9-18-12/h3-9H,1-2H3,(H,18,19)(H,20,21). The number of hydrogen-bond donors (Lipinski definition) is 2. The van der Waals surface area contributed by atoms with E-state index in [2.05, 4.69) is 15.0 Å². The van der Waals surface area contributed by atoms with Crippen LogP contribution in [0.2, 0.25) is 0 Å². The highest BCUT2D eigenvalue weighted by molar-refractivity contribution is 8.01. The molecular weight excluding hydrogens is 298 g/mol. The Morgan fingerprint density at radius 3 is 2.86 bits per heavy atom. The summed E-state index contributed by atoms with van der Waals surface area (Å²) in [6, 6.07) is 7.79. The number of thioether (sulfide) groups is 1. The highest BCUT2D eigenvalue weighted by Gasteiger charge is 2.29. The number of imidazole rings is 1. The van der Waals surface area contributed by atoms with Crippen LogP contribution in [0, 0.1) is 0 Å². The summed E-state index contributed by atoms with van der Waals surface area (Å²) < 4.78 is -0.933. The maximum absolute atomic E-state index is 11.4. The molecule has 0 unspecified atom stereocenters. The van der Waals surface area contributed by atoms with Gasteiger partial charge >= 0.3 is 5.97 Å². The molecule has 0 bridgehead atoms. The number of carbonyl (C=O) groups is 1. The number of nitrogens with one attached hydrogen (secondary N) is 1. The summed E-state index contributed by atoms with van der Waals surface area (Å²) in [5.41, 5.74) is 3.71. The van der Waals surface area contributed by atoms with Gasteiger partial charge in [0.25, 0.3) is 0 Å². The number of nitrogens with zero attached hydrogens (tertiary/aromatic N) is 2. The lowest BCUT2D eigenvalue weighted by Gasteiger charge is -2.20. The monoisotopic (exact) mass is 313 g/mol. The molecule has 0 radical (unpaired) electrons. The number of carboxylic acids is 1. The number of aromatic amines is 1. The van der Waals surface area contributed by atoms with Gasteiger partial charge in [-0.25, -0.2) is 4.98 Å². The summed E-state index contributed by atoms with van der Waals surface area (Å²) in [6.45, 7) is 3.37. The number of aromatic nitrogens is 3. The van der Waals surface area contributed by atoms with Crippen molar-refractivity contribution in [3.63, 3.8) is 0 Å². The second-order valence-electron chi connectivity index (χ2n) is 5.39. The molecule has 3 aromatic rings. The van der Waals surface area contributed by atoms with Gasteiger partial charge in [0.05, 0.1) is 17.4 Å². The van der Waals surface area contributed by atoms with E-state index in [1.54, 1.807) is 32.6 Å². The van der Waals surface area contributed by atoms with Crippen LogP contribution >= 0.6 is 11.8 Å². The van der Waals surface area contributed by atoms with Crippen molar-refractivity contribution in [2.45, 2.75) is 23.5 Å². The Bertz CT molecular complexity index is 842. The highest BCUT2D eigenvalue weighted by atomic mass is 32.2. The first-order valence-corrected chi connectivity index (χ1v) is 7.59. The third kappa shape index (κ3) is 2.57. The van der Waals surface area contributed by atoms with Crippen molar-refractivity contribution in [2.24, 2.45) is 0 Å². The fraction of sp³-hybridized carbons (Fsp3) is 0.188. The molecule has 0 aliphatic rings. The minimum atomic E-state index is -0.933. The summed E-state index contributed by atoms with van der Waals surface area (Å²) in [7, 11) is 0. The number of aliphatic carboxylic acids is 1. The van der Waals surface area contributed by atoms with Crippen LogP contribution in [0.3, 0.4) is 0 Å². The number of fused-ring (bicyclic) bond motifs is 1. The van der Waals surface area contributed by atoms with Crippen molar-refractivity contribution in [1.82, 2.24) is 15.0 Å². The van der Waals surface area contributed by atoms with E-state index in [1.807, 2.05) is 24.3 Å². The van der Waals surface area contributed by atoms with Crippen LogP contribution in [0.4, 0.5) is 0 Å². The molecule has 6 heteroatoms. The molecule has 112 valence electrons. The first kappa shape index (κ1) is 14.6. The Morgan fingerprint density at radius 2 is 2.09 bits per heavy atom. The number of carboxylic acid groups (broad SMARTS) is 1. The second kappa shape index (κ2) is 5.46. The Kier molecular flexibility index (Phi) is 3.62. The van der Waals surface area contributed by atoms with Gasteiger partial charge in [-0.05, 0) is 26.0 Å². The molecule has 2 heterocycles. The zero-order valence-electron chi connectivity index (χ0n) is 12.2. The fourth-order valence-corrected chi connectivity index (χ4v) is 3.22. The van der Waals surface area contributed by atoms with Crippen molar-refractivity contribution in [3.8, 4) is 11.1 Å². The van der Waals surface area contributed by atoms with Crippen LogP contribution in [0.1, 0.15) is 13.8 Å². The zero-order chi connectivity index (χ0) is 15.7. The second-order valence-corrected chi connectivity index (χ2v) is 7.06. The van der Waals surface area contributed by atoms with Crippen molar-refractivity contribution >= 4 is 28.8 Å². The zero-order valence-corrected chi connectivity index (χ0v) is 13.0. The third-order valence-electron chi connectivity index (χ3n) is 3.40. The highest BCUT2D eigenvalue weighted by Crippen LogP contribution is 2.39. The number of hydrogen-bond acceptors (Lipinski definition) is 4. The van der Waals surface area contributed by atoms with Crippen molar-refractivity contribution < 1.29 is 9.90 Å². The molecule has 0 spiro atoms. The van der Waals surface area contributed by atoms with Gasteiger partial charge in [0, 0.05) is 28.4 Å². The van der Waals surface area contributed by atoms with Gasteiger partial charge in [-0.1, -0.05) is 12.1 Å². The maximum atomic E-state index is 11.4. The van der Waals surface area contributed by atoms with Crippen LogP contribution in [-0.4, -0.2) is 30.8 Å². The van der Waals surface area contributed by atoms with Crippen LogP contribution in [0.25, 0.3) is 22.2 Å². The number of benzene rings is 1. The molecule has 0 fully saturated rings. The van der Waals surface area contributed by atoms with Gasteiger partial charge in [0.15, 0.2) is 0 Å². The van der Waals surface area contributed by atoms with E-state index in [1.165, 1.54) is 11.8 Å². The molecule has 0 amide bonds. The largest absolute Gasteiger partial charge is 0.480 e. The molecular formula is C16H15N3O2S. The molecule has 0 saturated heterocycles. The minimum absolute atomic E-state index is 0.824. The summed E-state index contributed by atoms with van der Waals surface area (Å²) in [6.07, 6.45) is 5.07. The molecule has 0 aliphatic carbocycles. The number of pyridine rings is 1. The first-order valence-electron chi connectivity index (χ1n) is 6.78. The molecule has 22 heavy (non-hydrogen) atoms. The molecule has 2 aromatic heterocycles. The van der Waals surface area contributed by atoms with E-state index >= 15 is 0 Å². The predicted molar refractivity (Wildman–Crippen MR) is 86.9 cm³/mol. The molecule has 3 rings (SSSR count). The lowest BCUT2D eigenvalue weighted by molar-refractivity contribution is -0.138. The molecule has 5 nitrogen and oxygen atoms in total. The summed E-state index contributed by atoms with van der Waals surface area (Å²) in [5.74, 6) is -0.856. The van der Waals surface area contributed by atoms with E-state index in [-0.39, 0.29) is 0 Å². The van der Waals surface area contributed by atoms with Gasteiger partial charge in [-0.3, -0.25) is 9.78 Å². The van der Waals surface area contributed by atoms with Crippen LogP contribution in [0.5, 0.6) is 0 Å². The van der Waals surface area contributed by atoms with E-state index < -0.39 is 10.7 Å². The molecule has 0 atom stereocenters. The van der Waals surface area contributed by atoms with Gasteiger partial charge in [0.2, 0.25) is 0 Å². The van der Waals surface area contributed by atoms with Crippen molar-refractivity contribution in [2.75, 3.05) is 0 Å². The molecule has 1 aromatic carbocycles. The van der Waals surface area contributed by atoms with Crippen molar-refractivity contribution in [3.05, 3.63) is 43.0 Å². The van der Waals surface area contributed by atoms with E-state index in [4.69, 9.17) is 0 Å². The Labute approximate surface area is 131 Å². The predicted octanol–water partition coefficient (Wildman–Crippen LogP) is 3.58. The Morgan fingerprint density at radius 1 is 1.27 bits per heavy atom. The smallest absolute Gasteiger partial charge is 0.319 e. The van der Waals surface area contributed by atoms with Crippen LogP contribution in [0.15, 0.2) is 47.9 Å². The summed E-state index contributed by atoms with van der Waals surface area (Å²) in [5, 5.41) is 9.34. The Hall–Kier alpha value is -2.34. The summed E-state index contributed by atoms with van der Waals surface area (Å²) in [4.78, 5) is 23.8. The third-order valence-corrected chi connectivity index (χ3v) is 4.63. The average Bonchev–Trinajstić information content (AvgIpc) is 2.95. The normalized spacial score (nSPS) is 11.7. The lowest BCUT2D eigenvalue weighted by Crippen LogP contribution is -2.27. The number of para-hydroxylation sites is 1. The van der Waals surface area contributed by atoms with Crippen LogP contribution in [-0.2, 0) is 4.79 Å². The summed E-state index contributed by atoms with van der Waals surface area (Å²) >= 11 is 1.29. The Balaban J connectivity index is 2.13. The van der Waals surface area contributed by atoms with Gasteiger partial charge < -0.3 is 10.1 Å². The van der Waals surface area contributed by atoms with E-state index in [0.717, 1.165) is 27.1 Å².